The number of amides is 3. The summed E-state index contributed by atoms with van der Waals surface area (Å²) in [6, 6.07) is 11.5. The Hall–Kier alpha value is -3.71. The summed E-state index contributed by atoms with van der Waals surface area (Å²) in [5.41, 5.74) is 0.900. The van der Waals surface area contributed by atoms with Crippen molar-refractivity contribution in [3.63, 3.8) is 0 Å². The van der Waals surface area contributed by atoms with Crippen LogP contribution in [0, 0.1) is 11.3 Å². The van der Waals surface area contributed by atoms with E-state index in [9.17, 15) is 19.2 Å². The summed E-state index contributed by atoms with van der Waals surface area (Å²) in [5, 5.41) is 17.8. The fourth-order valence-electron chi connectivity index (χ4n) is 2.05. The first-order valence-electron chi connectivity index (χ1n) is 8.48. The van der Waals surface area contributed by atoms with Crippen LogP contribution in [-0.4, -0.2) is 42.9 Å². The molecule has 150 valence electrons. The molecule has 0 aliphatic heterocycles. The Balaban J connectivity index is 1.69. The summed E-state index contributed by atoms with van der Waals surface area (Å²) >= 11 is 1.24. The summed E-state index contributed by atoms with van der Waals surface area (Å²) in [4.78, 5) is 47.7. The zero-order chi connectivity index (χ0) is 21.2. The fraction of sp³-hybridized carbons (Fsp3) is 0.211. The molecule has 0 fully saturated rings. The van der Waals surface area contributed by atoms with Crippen molar-refractivity contribution < 1.29 is 23.9 Å². The molecule has 9 nitrogen and oxygen atoms in total. The molecule has 3 amide bonds. The lowest BCUT2D eigenvalue weighted by Gasteiger charge is -2.14. The maximum Gasteiger partial charge on any atom is 0.326 e. The van der Waals surface area contributed by atoms with Crippen LogP contribution in [0.2, 0.25) is 0 Å². The molecule has 0 radical (unpaired) electrons. The number of ether oxygens (including phenoxy) is 1. The Morgan fingerprint density at radius 2 is 1.83 bits per heavy atom. The largest absolute Gasteiger partial charge is 0.451 e. The molecule has 2 rings (SSSR count). The smallest absolute Gasteiger partial charge is 0.326 e. The Labute approximate surface area is 170 Å². The highest BCUT2D eigenvalue weighted by molar-refractivity contribution is 7.12. The van der Waals surface area contributed by atoms with Crippen LogP contribution in [0.5, 0.6) is 0 Å². The van der Waals surface area contributed by atoms with E-state index in [1.54, 1.807) is 41.8 Å². The number of hydrogen-bond donors (Lipinski definition) is 3. The van der Waals surface area contributed by atoms with Crippen molar-refractivity contribution in [2.24, 2.45) is 0 Å². The standard InChI is InChI=1S/C19H18N4O5S/c1-12(18(26)23-14-6-4-13(9-20)5-7-14)28-17(25)11-21-16(24)10-22-19(27)15-3-2-8-29-15/h2-8,12H,10-11H2,1H3,(H,21,24)(H,22,27)(H,23,26)/t12-/m0/s1. The first-order valence-corrected chi connectivity index (χ1v) is 9.36. The van der Waals surface area contributed by atoms with Crippen molar-refractivity contribution in [1.29, 1.82) is 5.26 Å². The van der Waals surface area contributed by atoms with Gasteiger partial charge in [-0.15, -0.1) is 11.3 Å². The predicted molar refractivity (Wildman–Crippen MR) is 105 cm³/mol. The average Bonchev–Trinajstić information content (AvgIpc) is 3.26. The van der Waals surface area contributed by atoms with Gasteiger partial charge in [-0.05, 0) is 42.6 Å². The van der Waals surface area contributed by atoms with Crippen molar-refractivity contribution in [2.75, 3.05) is 18.4 Å². The van der Waals surface area contributed by atoms with Gasteiger partial charge >= 0.3 is 5.97 Å². The molecule has 0 saturated carbocycles. The van der Waals surface area contributed by atoms with E-state index in [0.29, 0.717) is 16.1 Å². The minimum Gasteiger partial charge on any atom is -0.451 e. The lowest BCUT2D eigenvalue weighted by Crippen LogP contribution is -2.40. The second-order valence-corrected chi connectivity index (χ2v) is 6.69. The Morgan fingerprint density at radius 3 is 2.45 bits per heavy atom. The molecule has 1 aromatic heterocycles. The third-order valence-electron chi connectivity index (χ3n) is 3.54. The Bertz CT molecular complexity index is 919. The Morgan fingerprint density at radius 1 is 1.10 bits per heavy atom. The van der Waals surface area contributed by atoms with Crippen LogP contribution in [0.3, 0.4) is 0 Å². The first kappa shape index (κ1) is 21.6. The van der Waals surface area contributed by atoms with Gasteiger partial charge in [0.25, 0.3) is 11.8 Å². The van der Waals surface area contributed by atoms with Crippen molar-refractivity contribution >= 4 is 40.7 Å². The maximum absolute atomic E-state index is 12.0. The molecule has 0 aliphatic rings. The SMILES string of the molecule is C[C@H](OC(=O)CNC(=O)CNC(=O)c1cccs1)C(=O)Nc1ccc(C#N)cc1. The second-order valence-electron chi connectivity index (χ2n) is 5.75. The number of hydrogen-bond acceptors (Lipinski definition) is 7. The monoisotopic (exact) mass is 414 g/mol. The van der Waals surface area contributed by atoms with Crippen LogP contribution < -0.4 is 16.0 Å². The number of nitrogens with zero attached hydrogens (tertiary/aromatic N) is 1. The van der Waals surface area contributed by atoms with Gasteiger partial charge in [0.15, 0.2) is 6.10 Å². The molecule has 0 unspecified atom stereocenters. The molecule has 0 spiro atoms. The molecule has 29 heavy (non-hydrogen) atoms. The van der Waals surface area contributed by atoms with Gasteiger partial charge < -0.3 is 20.7 Å². The van der Waals surface area contributed by atoms with E-state index in [4.69, 9.17) is 10.00 Å². The number of nitriles is 1. The van der Waals surface area contributed by atoms with E-state index in [2.05, 4.69) is 16.0 Å². The number of thiophene rings is 1. The molecule has 2 aromatic rings. The summed E-state index contributed by atoms with van der Waals surface area (Å²) in [5.74, 6) is -2.31. The van der Waals surface area contributed by atoms with Gasteiger partial charge in [0, 0.05) is 5.69 Å². The zero-order valence-corrected chi connectivity index (χ0v) is 16.2. The number of esters is 1. The number of rotatable bonds is 8. The van der Waals surface area contributed by atoms with Crippen LogP contribution in [0.4, 0.5) is 5.69 Å². The summed E-state index contributed by atoms with van der Waals surface area (Å²) in [6.45, 7) is 0.654. The van der Waals surface area contributed by atoms with Crippen molar-refractivity contribution in [3.05, 3.63) is 52.2 Å². The van der Waals surface area contributed by atoms with E-state index < -0.39 is 30.4 Å². The maximum atomic E-state index is 12.0. The van der Waals surface area contributed by atoms with Gasteiger partial charge in [0.2, 0.25) is 5.91 Å². The number of anilines is 1. The summed E-state index contributed by atoms with van der Waals surface area (Å²) in [6.07, 6.45) is -1.09. The average molecular weight is 414 g/mol. The van der Waals surface area contributed by atoms with E-state index in [-0.39, 0.29) is 12.5 Å². The van der Waals surface area contributed by atoms with Gasteiger partial charge in [-0.3, -0.25) is 19.2 Å². The quantitative estimate of drug-likeness (QED) is 0.552. The molecule has 1 heterocycles. The number of benzene rings is 1. The van der Waals surface area contributed by atoms with E-state index >= 15 is 0 Å². The van der Waals surface area contributed by atoms with Crippen LogP contribution in [0.25, 0.3) is 0 Å². The summed E-state index contributed by atoms with van der Waals surface area (Å²) in [7, 11) is 0. The number of carbonyl (C=O) groups is 4. The molecule has 10 heteroatoms. The van der Waals surface area contributed by atoms with Gasteiger partial charge in [-0.25, -0.2) is 0 Å². The molecular weight excluding hydrogens is 396 g/mol. The van der Waals surface area contributed by atoms with Crippen molar-refractivity contribution in [3.8, 4) is 6.07 Å². The summed E-state index contributed by atoms with van der Waals surface area (Å²) < 4.78 is 4.96. The van der Waals surface area contributed by atoms with Gasteiger partial charge in [-0.1, -0.05) is 6.07 Å². The third-order valence-corrected chi connectivity index (χ3v) is 4.41. The van der Waals surface area contributed by atoms with Crippen LogP contribution in [0.15, 0.2) is 41.8 Å². The number of carbonyl (C=O) groups excluding carboxylic acids is 4. The van der Waals surface area contributed by atoms with E-state index in [1.807, 2.05) is 6.07 Å². The third kappa shape index (κ3) is 7.08. The molecule has 1 atom stereocenters. The molecular formula is C19H18N4O5S. The van der Waals surface area contributed by atoms with Crippen molar-refractivity contribution in [2.45, 2.75) is 13.0 Å². The normalized spacial score (nSPS) is 10.9. The minimum atomic E-state index is -1.09. The highest BCUT2D eigenvalue weighted by atomic mass is 32.1. The highest BCUT2D eigenvalue weighted by Crippen LogP contribution is 2.10. The molecule has 0 saturated heterocycles. The Kier molecular flexibility index (Phi) is 7.88. The van der Waals surface area contributed by atoms with E-state index in [1.165, 1.54) is 18.3 Å². The van der Waals surface area contributed by atoms with Crippen LogP contribution in [-0.2, 0) is 19.1 Å². The molecule has 0 bridgehead atoms. The highest BCUT2D eigenvalue weighted by Gasteiger charge is 2.18. The first-order chi connectivity index (χ1) is 13.9. The van der Waals surface area contributed by atoms with E-state index in [0.717, 1.165) is 0 Å². The molecule has 3 N–H and O–H groups in total. The number of nitrogens with one attached hydrogen (secondary N) is 3. The predicted octanol–water partition coefficient (Wildman–Crippen LogP) is 1.04. The van der Waals surface area contributed by atoms with Gasteiger partial charge in [-0.2, -0.15) is 5.26 Å². The topological polar surface area (TPSA) is 137 Å². The lowest BCUT2D eigenvalue weighted by molar-refractivity contribution is -0.152. The van der Waals surface area contributed by atoms with Gasteiger partial charge in [0.05, 0.1) is 23.1 Å². The fourth-order valence-corrected chi connectivity index (χ4v) is 2.69. The van der Waals surface area contributed by atoms with Crippen LogP contribution >= 0.6 is 11.3 Å². The van der Waals surface area contributed by atoms with Gasteiger partial charge in [0.1, 0.15) is 6.54 Å². The molecule has 0 aliphatic carbocycles. The second kappa shape index (κ2) is 10.6. The van der Waals surface area contributed by atoms with Crippen molar-refractivity contribution in [1.82, 2.24) is 10.6 Å². The lowest BCUT2D eigenvalue weighted by atomic mass is 10.2. The zero-order valence-electron chi connectivity index (χ0n) is 15.4. The van der Waals surface area contributed by atoms with Crippen LogP contribution in [0.1, 0.15) is 22.2 Å². The molecule has 1 aromatic carbocycles. The minimum absolute atomic E-state index is 0.293.